The van der Waals surface area contributed by atoms with Crippen molar-refractivity contribution in [1.82, 2.24) is 14.8 Å². The Kier molecular flexibility index (Phi) is 3.32. The van der Waals surface area contributed by atoms with Gasteiger partial charge in [0.15, 0.2) is 5.82 Å². The van der Waals surface area contributed by atoms with Gasteiger partial charge in [0.1, 0.15) is 12.1 Å². The molecule has 0 aliphatic carbocycles. The van der Waals surface area contributed by atoms with Crippen LogP contribution >= 0.6 is 0 Å². The van der Waals surface area contributed by atoms with E-state index in [1.807, 2.05) is 0 Å². The Balaban J connectivity index is 2.23. The number of anilines is 2. The van der Waals surface area contributed by atoms with Gasteiger partial charge in [0.05, 0.1) is 17.8 Å². The highest BCUT2D eigenvalue weighted by atomic mass is 19.1. The van der Waals surface area contributed by atoms with E-state index in [-0.39, 0.29) is 23.5 Å². The molecule has 1 amide bonds. The number of nitrogen functional groups attached to an aromatic ring is 1. The minimum atomic E-state index is -0.709. The molecular formula is C11H13FN6O. The van der Waals surface area contributed by atoms with Crippen molar-refractivity contribution in [2.45, 2.75) is 6.54 Å². The first-order valence-corrected chi connectivity index (χ1v) is 5.44. The van der Waals surface area contributed by atoms with Gasteiger partial charge in [-0.05, 0) is 12.1 Å². The van der Waals surface area contributed by atoms with Gasteiger partial charge in [-0.25, -0.2) is 4.39 Å². The fourth-order valence-electron chi connectivity index (χ4n) is 1.58. The molecule has 0 bridgehead atoms. The topological polar surface area (TPSA) is 112 Å². The quantitative estimate of drug-likeness (QED) is 0.685. The second-order valence-corrected chi connectivity index (χ2v) is 4.00. The van der Waals surface area contributed by atoms with E-state index in [1.165, 1.54) is 12.4 Å². The molecule has 8 heteroatoms. The fraction of sp³-hybridized carbons (Fsp3) is 0.182. The molecular weight excluding hydrogens is 251 g/mol. The summed E-state index contributed by atoms with van der Waals surface area (Å²) in [4.78, 5) is 11.1. The third-order valence-electron chi connectivity index (χ3n) is 2.65. The Hall–Kier alpha value is -2.64. The monoisotopic (exact) mass is 264 g/mol. The van der Waals surface area contributed by atoms with Gasteiger partial charge in [0, 0.05) is 12.7 Å². The molecule has 100 valence electrons. The average molecular weight is 264 g/mol. The molecule has 0 saturated heterocycles. The van der Waals surface area contributed by atoms with E-state index in [0.717, 1.165) is 6.07 Å². The molecule has 2 rings (SSSR count). The number of hydrogen-bond donors (Lipinski definition) is 3. The maximum absolute atomic E-state index is 13.7. The first-order chi connectivity index (χ1) is 8.99. The van der Waals surface area contributed by atoms with Gasteiger partial charge in [-0.15, -0.1) is 10.2 Å². The van der Waals surface area contributed by atoms with Crippen LogP contribution in [0.2, 0.25) is 0 Å². The molecule has 0 unspecified atom stereocenters. The van der Waals surface area contributed by atoms with Gasteiger partial charge in [-0.1, -0.05) is 0 Å². The lowest BCUT2D eigenvalue weighted by Gasteiger charge is -2.10. The second-order valence-electron chi connectivity index (χ2n) is 4.00. The molecule has 0 aliphatic heterocycles. The Morgan fingerprint density at radius 2 is 2.26 bits per heavy atom. The molecule has 5 N–H and O–H groups in total. The van der Waals surface area contributed by atoms with Crippen LogP contribution in [-0.2, 0) is 13.6 Å². The summed E-state index contributed by atoms with van der Waals surface area (Å²) in [6, 6.07) is 2.34. The summed E-state index contributed by atoms with van der Waals surface area (Å²) < 4.78 is 15.4. The number of aromatic nitrogens is 3. The lowest BCUT2D eigenvalue weighted by Crippen LogP contribution is -2.15. The number of aryl methyl sites for hydroxylation is 1. The number of nitrogens with one attached hydrogen (secondary N) is 1. The van der Waals surface area contributed by atoms with Crippen LogP contribution in [0.4, 0.5) is 15.8 Å². The van der Waals surface area contributed by atoms with Crippen LogP contribution in [0.3, 0.4) is 0 Å². The van der Waals surface area contributed by atoms with Crippen molar-refractivity contribution in [1.29, 1.82) is 0 Å². The van der Waals surface area contributed by atoms with E-state index in [9.17, 15) is 9.18 Å². The van der Waals surface area contributed by atoms with E-state index >= 15 is 0 Å². The largest absolute Gasteiger partial charge is 0.398 e. The van der Waals surface area contributed by atoms with E-state index in [2.05, 4.69) is 15.5 Å². The lowest BCUT2D eigenvalue weighted by molar-refractivity contribution is 0.100. The lowest BCUT2D eigenvalue weighted by atomic mass is 10.1. The Labute approximate surface area is 108 Å². The van der Waals surface area contributed by atoms with Crippen molar-refractivity contribution < 1.29 is 9.18 Å². The van der Waals surface area contributed by atoms with Crippen molar-refractivity contribution in [3.8, 4) is 0 Å². The van der Waals surface area contributed by atoms with Crippen molar-refractivity contribution in [2.75, 3.05) is 11.1 Å². The molecule has 1 aromatic carbocycles. The van der Waals surface area contributed by atoms with Crippen LogP contribution in [0.15, 0.2) is 18.5 Å². The average Bonchev–Trinajstić information content (AvgIpc) is 2.73. The number of hydrogen-bond acceptors (Lipinski definition) is 5. The molecule has 2 aromatic rings. The van der Waals surface area contributed by atoms with Crippen molar-refractivity contribution >= 4 is 17.3 Å². The molecule has 1 heterocycles. The van der Waals surface area contributed by atoms with Crippen LogP contribution < -0.4 is 16.8 Å². The number of nitrogens with zero attached hydrogens (tertiary/aromatic N) is 3. The second kappa shape index (κ2) is 4.92. The maximum Gasteiger partial charge on any atom is 0.250 e. The molecule has 7 nitrogen and oxygen atoms in total. The number of nitrogens with two attached hydrogens (primary N) is 2. The number of carbonyl (C=O) groups is 1. The van der Waals surface area contributed by atoms with E-state index in [1.54, 1.807) is 11.6 Å². The summed E-state index contributed by atoms with van der Waals surface area (Å²) >= 11 is 0. The molecule has 19 heavy (non-hydrogen) atoms. The van der Waals surface area contributed by atoms with Gasteiger partial charge in [-0.3, -0.25) is 4.79 Å². The van der Waals surface area contributed by atoms with E-state index < -0.39 is 11.7 Å². The summed E-state index contributed by atoms with van der Waals surface area (Å²) in [5.41, 5.74) is 10.9. The third-order valence-corrected chi connectivity index (χ3v) is 2.65. The fourth-order valence-corrected chi connectivity index (χ4v) is 1.58. The van der Waals surface area contributed by atoms with E-state index in [0.29, 0.717) is 5.82 Å². The number of halogens is 1. The first-order valence-electron chi connectivity index (χ1n) is 5.44. The van der Waals surface area contributed by atoms with Gasteiger partial charge in [0.2, 0.25) is 0 Å². The zero-order valence-corrected chi connectivity index (χ0v) is 10.2. The summed E-state index contributed by atoms with van der Waals surface area (Å²) in [7, 11) is 1.77. The maximum atomic E-state index is 13.7. The smallest absolute Gasteiger partial charge is 0.250 e. The van der Waals surface area contributed by atoms with Crippen LogP contribution in [0.5, 0.6) is 0 Å². The van der Waals surface area contributed by atoms with Crippen molar-refractivity contribution in [2.24, 2.45) is 12.8 Å². The summed E-state index contributed by atoms with van der Waals surface area (Å²) in [6.45, 7) is 0.259. The predicted molar refractivity (Wildman–Crippen MR) is 67.7 cm³/mol. The van der Waals surface area contributed by atoms with Gasteiger partial charge >= 0.3 is 0 Å². The third kappa shape index (κ3) is 2.62. The van der Waals surface area contributed by atoms with Crippen molar-refractivity contribution in [3.05, 3.63) is 35.7 Å². The number of amides is 1. The standard InChI is InChI=1S/C11H13FN6O/c1-18-5-16-17-10(18)4-15-9-2-6(11(14)19)8(13)3-7(9)12/h2-3,5,15H,4,13H2,1H3,(H2,14,19). The molecule has 1 aromatic heterocycles. The zero-order valence-electron chi connectivity index (χ0n) is 10.2. The molecule has 0 aliphatic rings. The first kappa shape index (κ1) is 12.8. The molecule has 0 atom stereocenters. The van der Waals surface area contributed by atoms with Gasteiger partial charge < -0.3 is 21.4 Å². The molecule has 0 radical (unpaired) electrons. The molecule has 0 fully saturated rings. The van der Waals surface area contributed by atoms with E-state index in [4.69, 9.17) is 11.5 Å². The van der Waals surface area contributed by atoms with Gasteiger partial charge in [-0.2, -0.15) is 0 Å². The number of benzene rings is 1. The number of carbonyl (C=O) groups excluding carboxylic acids is 1. The van der Waals surface area contributed by atoms with Crippen LogP contribution in [-0.4, -0.2) is 20.7 Å². The number of rotatable bonds is 4. The van der Waals surface area contributed by atoms with Gasteiger partial charge in [0.25, 0.3) is 5.91 Å². The van der Waals surface area contributed by atoms with Crippen molar-refractivity contribution in [3.63, 3.8) is 0 Å². The normalized spacial score (nSPS) is 10.4. The van der Waals surface area contributed by atoms with Crippen LogP contribution in [0.1, 0.15) is 16.2 Å². The molecule has 0 spiro atoms. The van der Waals surface area contributed by atoms with Crippen LogP contribution in [0, 0.1) is 5.82 Å². The highest BCUT2D eigenvalue weighted by molar-refractivity contribution is 5.99. The summed E-state index contributed by atoms with van der Waals surface area (Å²) in [6.07, 6.45) is 1.53. The minimum Gasteiger partial charge on any atom is -0.398 e. The minimum absolute atomic E-state index is 0.00853. The highest BCUT2D eigenvalue weighted by Gasteiger charge is 2.12. The molecule has 0 saturated carbocycles. The summed E-state index contributed by atoms with van der Waals surface area (Å²) in [5.74, 6) is -0.652. The highest BCUT2D eigenvalue weighted by Crippen LogP contribution is 2.22. The Morgan fingerprint density at radius 3 is 2.84 bits per heavy atom. The summed E-state index contributed by atoms with van der Waals surface area (Å²) in [5, 5.41) is 10.4. The number of primary amides is 1. The predicted octanol–water partition coefficient (Wildman–Crippen LogP) is 0.247. The SMILES string of the molecule is Cn1cnnc1CNc1cc(C(N)=O)c(N)cc1F. The van der Waals surface area contributed by atoms with Crippen LogP contribution in [0.25, 0.3) is 0 Å². The zero-order chi connectivity index (χ0) is 14.0. The Morgan fingerprint density at radius 1 is 1.53 bits per heavy atom. The Bertz CT molecular complexity index is 624.